The highest BCUT2D eigenvalue weighted by atomic mass is 32.1. The molecule has 1 saturated carbocycles. The van der Waals surface area contributed by atoms with Crippen LogP contribution < -0.4 is 11.1 Å². The van der Waals surface area contributed by atoms with Crippen molar-refractivity contribution in [3.63, 3.8) is 0 Å². The normalized spacial score (nSPS) is 23.7. The summed E-state index contributed by atoms with van der Waals surface area (Å²) in [7, 11) is 0. The van der Waals surface area contributed by atoms with Gasteiger partial charge in [-0.2, -0.15) is 0 Å². The van der Waals surface area contributed by atoms with Gasteiger partial charge in [0.05, 0.1) is 5.56 Å². The van der Waals surface area contributed by atoms with Gasteiger partial charge in [0.1, 0.15) is 5.82 Å². The minimum absolute atomic E-state index is 0.0280. The summed E-state index contributed by atoms with van der Waals surface area (Å²) in [5.41, 5.74) is 5.98. The zero-order valence-corrected chi connectivity index (χ0v) is 10.9. The molecule has 1 aliphatic rings. The molecule has 1 aliphatic carbocycles. The second kappa shape index (κ2) is 5.71. The van der Waals surface area contributed by atoms with Crippen LogP contribution in [0.1, 0.15) is 36.0 Å². The van der Waals surface area contributed by atoms with Gasteiger partial charge in [0.25, 0.3) is 5.91 Å². The minimum Gasteiger partial charge on any atom is -0.348 e. The first-order valence-corrected chi connectivity index (χ1v) is 6.57. The van der Waals surface area contributed by atoms with Gasteiger partial charge in [0.2, 0.25) is 0 Å². The van der Waals surface area contributed by atoms with Crippen LogP contribution in [0, 0.1) is 5.82 Å². The second-order valence-electron chi connectivity index (χ2n) is 4.69. The molecular weight excluding hydrogens is 251 g/mol. The lowest BCUT2D eigenvalue weighted by Crippen LogP contribution is -2.49. The first-order chi connectivity index (χ1) is 8.58. The quantitative estimate of drug-likeness (QED) is 0.720. The number of nitrogens with one attached hydrogen (secondary N) is 1. The average molecular weight is 268 g/mol. The fourth-order valence-electron chi connectivity index (χ4n) is 2.27. The molecule has 5 heteroatoms. The van der Waals surface area contributed by atoms with E-state index >= 15 is 0 Å². The van der Waals surface area contributed by atoms with Crippen molar-refractivity contribution in [1.82, 2.24) is 5.32 Å². The highest BCUT2D eigenvalue weighted by Gasteiger charge is 2.24. The molecule has 2 unspecified atom stereocenters. The Bertz CT molecular complexity index is 453. The predicted octanol–water partition coefficient (Wildman–Crippen LogP) is 2.11. The summed E-state index contributed by atoms with van der Waals surface area (Å²) in [5.74, 6) is -0.944. The topological polar surface area (TPSA) is 55.1 Å². The van der Waals surface area contributed by atoms with Gasteiger partial charge in [0.15, 0.2) is 0 Å². The predicted molar refractivity (Wildman–Crippen MR) is 71.3 cm³/mol. The Labute approximate surface area is 111 Å². The number of nitrogens with two attached hydrogens (primary N) is 1. The Hall–Kier alpha value is -1.07. The van der Waals surface area contributed by atoms with Crippen molar-refractivity contribution in [2.75, 3.05) is 0 Å². The van der Waals surface area contributed by atoms with E-state index in [4.69, 9.17) is 5.73 Å². The van der Waals surface area contributed by atoms with Crippen LogP contribution in [0.4, 0.5) is 4.39 Å². The van der Waals surface area contributed by atoms with Gasteiger partial charge in [-0.3, -0.25) is 4.79 Å². The van der Waals surface area contributed by atoms with Crippen LogP contribution in [0.5, 0.6) is 0 Å². The van der Waals surface area contributed by atoms with Crippen LogP contribution in [-0.2, 0) is 0 Å². The van der Waals surface area contributed by atoms with Gasteiger partial charge in [-0.05, 0) is 31.0 Å². The van der Waals surface area contributed by atoms with Gasteiger partial charge in [-0.25, -0.2) is 4.39 Å². The fourth-order valence-corrected chi connectivity index (χ4v) is 2.48. The Balaban J connectivity index is 2.09. The molecular formula is C13H17FN2OS. The largest absolute Gasteiger partial charge is 0.348 e. The van der Waals surface area contributed by atoms with Gasteiger partial charge in [-0.1, -0.05) is 12.8 Å². The zero-order valence-electron chi connectivity index (χ0n) is 10.0. The average Bonchev–Trinajstić information content (AvgIpc) is 2.35. The van der Waals surface area contributed by atoms with Gasteiger partial charge < -0.3 is 11.1 Å². The fraction of sp³-hybridized carbons (Fsp3) is 0.462. The summed E-state index contributed by atoms with van der Waals surface area (Å²) in [6.07, 6.45) is 3.90. The summed E-state index contributed by atoms with van der Waals surface area (Å²) < 4.78 is 13.5. The molecule has 3 N–H and O–H groups in total. The molecule has 0 radical (unpaired) electrons. The van der Waals surface area contributed by atoms with Gasteiger partial charge >= 0.3 is 0 Å². The standard InChI is InChI=1S/C13H17FN2OS/c14-10-6-5-8(18)7-9(10)13(17)16-12-4-2-1-3-11(12)15/h5-7,11-12,18H,1-4,15H2,(H,16,17). The maximum Gasteiger partial charge on any atom is 0.254 e. The molecule has 0 spiro atoms. The third-order valence-corrected chi connectivity index (χ3v) is 3.61. The lowest BCUT2D eigenvalue weighted by Gasteiger charge is -2.29. The number of hydrogen-bond donors (Lipinski definition) is 3. The van der Waals surface area contributed by atoms with E-state index in [-0.39, 0.29) is 17.6 Å². The smallest absolute Gasteiger partial charge is 0.254 e. The van der Waals surface area contributed by atoms with Crippen molar-refractivity contribution in [2.45, 2.75) is 42.7 Å². The summed E-state index contributed by atoms with van der Waals surface area (Å²) in [6, 6.07) is 4.10. The van der Waals surface area contributed by atoms with Crippen LogP contribution in [0.3, 0.4) is 0 Å². The van der Waals surface area contributed by atoms with Gasteiger partial charge in [0, 0.05) is 17.0 Å². The number of amides is 1. The highest BCUT2D eigenvalue weighted by Crippen LogP contribution is 2.18. The van der Waals surface area contributed by atoms with Crippen molar-refractivity contribution in [3.05, 3.63) is 29.6 Å². The molecule has 1 aromatic carbocycles. The Morgan fingerprint density at radius 1 is 1.39 bits per heavy atom. The van der Waals surface area contributed by atoms with E-state index < -0.39 is 11.7 Å². The first-order valence-electron chi connectivity index (χ1n) is 6.13. The number of thiol groups is 1. The van der Waals surface area contributed by atoms with Crippen LogP contribution >= 0.6 is 12.6 Å². The Morgan fingerprint density at radius 2 is 2.11 bits per heavy atom. The summed E-state index contributed by atoms with van der Waals surface area (Å²) in [6.45, 7) is 0. The molecule has 1 amide bonds. The van der Waals surface area contributed by atoms with E-state index in [1.54, 1.807) is 0 Å². The third kappa shape index (κ3) is 3.03. The second-order valence-corrected chi connectivity index (χ2v) is 5.21. The molecule has 0 aliphatic heterocycles. The van der Waals surface area contributed by atoms with E-state index in [1.807, 2.05) is 0 Å². The summed E-state index contributed by atoms with van der Waals surface area (Å²) >= 11 is 4.11. The lowest BCUT2D eigenvalue weighted by atomic mass is 9.91. The summed E-state index contributed by atoms with van der Waals surface area (Å²) in [4.78, 5) is 12.6. The first kappa shape index (κ1) is 13.4. The molecule has 0 aromatic heterocycles. The number of rotatable bonds is 2. The van der Waals surface area contributed by atoms with Crippen molar-refractivity contribution >= 4 is 18.5 Å². The zero-order chi connectivity index (χ0) is 13.1. The van der Waals surface area contributed by atoms with Gasteiger partial charge in [-0.15, -0.1) is 12.6 Å². The van der Waals surface area contributed by atoms with Crippen LogP contribution in [0.25, 0.3) is 0 Å². The number of benzene rings is 1. The van der Waals surface area contributed by atoms with Crippen LogP contribution in [0.15, 0.2) is 23.1 Å². The van der Waals surface area contributed by atoms with Crippen molar-refractivity contribution < 1.29 is 9.18 Å². The molecule has 0 saturated heterocycles. The highest BCUT2D eigenvalue weighted by molar-refractivity contribution is 7.80. The maximum atomic E-state index is 13.5. The monoisotopic (exact) mass is 268 g/mol. The van der Waals surface area contributed by atoms with E-state index in [2.05, 4.69) is 17.9 Å². The van der Waals surface area contributed by atoms with Crippen molar-refractivity contribution in [2.24, 2.45) is 5.73 Å². The number of hydrogen-bond acceptors (Lipinski definition) is 3. The lowest BCUT2D eigenvalue weighted by molar-refractivity contribution is 0.0917. The molecule has 0 bridgehead atoms. The molecule has 18 heavy (non-hydrogen) atoms. The van der Waals surface area contributed by atoms with E-state index in [9.17, 15) is 9.18 Å². The molecule has 2 rings (SSSR count). The number of halogens is 1. The third-order valence-electron chi connectivity index (χ3n) is 3.33. The Kier molecular flexibility index (Phi) is 4.24. The molecule has 2 atom stereocenters. The molecule has 1 aromatic rings. The van der Waals surface area contributed by atoms with E-state index in [1.165, 1.54) is 18.2 Å². The molecule has 1 fully saturated rings. The maximum absolute atomic E-state index is 13.5. The molecule has 98 valence electrons. The Morgan fingerprint density at radius 3 is 2.83 bits per heavy atom. The SMILES string of the molecule is NC1CCCCC1NC(=O)c1cc(S)ccc1F. The van der Waals surface area contributed by atoms with Crippen LogP contribution in [-0.4, -0.2) is 18.0 Å². The van der Waals surface area contributed by atoms with E-state index in [0.717, 1.165) is 25.7 Å². The van der Waals surface area contributed by atoms with Crippen LogP contribution in [0.2, 0.25) is 0 Å². The molecule has 3 nitrogen and oxygen atoms in total. The number of carbonyl (C=O) groups excluding carboxylic acids is 1. The van der Waals surface area contributed by atoms with E-state index in [0.29, 0.717) is 4.90 Å². The minimum atomic E-state index is -0.533. The summed E-state index contributed by atoms with van der Waals surface area (Å²) in [5, 5.41) is 2.82. The molecule has 0 heterocycles. The number of carbonyl (C=O) groups is 1. The van der Waals surface area contributed by atoms with Crippen molar-refractivity contribution in [3.8, 4) is 0 Å². The van der Waals surface area contributed by atoms with Crippen molar-refractivity contribution in [1.29, 1.82) is 0 Å².